The second kappa shape index (κ2) is 8.57. The average molecular weight is 434 g/mol. The van der Waals surface area contributed by atoms with Crippen LogP contribution in [0.2, 0.25) is 0 Å². The minimum absolute atomic E-state index is 0.0218. The Morgan fingerprint density at radius 2 is 2.03 bits per heavy atom. The van der Waals surface area contributed by atoms with Crippen molar-refractivity contribution in [2.45, 2.75) is 51.2 Å². The van der Waals surface area contributed by atoms with Crippen LogP contribution < -0.4 is 0 Å². The van der Waals surface area contributed by atoms with Crippen LogP contribution in [0.25, 0.3) is 11.0 Å². The molecule has 3 aromatic rings. The third-order valence-electron chi connectivity index (χ3n) is 4.82. The fourth-order valence-electron chi connectivity index (χ4n) is 3.22. The van der Waals surface area contributed by atoms with E-state index in [9.17, 15) is 13.2 Å². The number of aromatic nitrogens is 4. The zero-order valence-electron chi connectivity index (χ0n) is 17.8. The van der Waals surface area contributed by atoms with Crippen molar-refractivity contribution in [3.63, 3.8) is 0 Å². The molecule has 0 fully saturated rings. The first-order valence-electron chi connectivity index (χ1n) is 9.78. The van der Waals surface area contributed by atoms with Crippen LogP contribution in [0.1, 0.15) is 55.0 Å². The van der Waals surface area contributed by atoms with E-state index in [0.717, 1.165) is 21.9 Å². The zero-order chi connectivity index (χ0) is 22.1. The molecule has 9 nitrogen and oxygen atoms in total. The van der Waals surface area contributed by atoms with Crippen LogP contribution in [-0.2, 0) is 27.9 Å². The van der Waals surface area contributed by atoms with Crippen LogP contribution >= 0.6 is 0 Å². The number of carbonyl (C=O) groups excluding carboxylic acids is 1. The van der Waals surface area contributed by atoms with Gasteiger partial charge in [-0.25, -0.2) is 22.5 Å². The number of rotatable bonds is 8. The van der Waals surface area contributed by atoms with Gasteiger partial charge in [-0.05, 0) is 30.5 Å². The number of hydrogen-bond acceptors (Lipinski definition) is 6. The van der Waals surface area contributed by atoms with Gasteiger partial charge in [0.05, 0.1) is 27.8 Å². The van der Waals surface area contributed by atoms with Crippen molar-refractivity contribution >= 4 is 27.0 Å². The van der Waals surface area contributed by atoms with E-state index in [0.29, 0.717) is 23.4 Å². The Morgan fingerprint density at radius 3 is 2.67 bits per heavy atom. The molecule has 1 N–H and O–H groups in total. The molecule has 0 radical (unpaired) electrons. The third kappa shape index (κ3) is 4.10. The van der Waals surface area contributed by atoms with Gasteiger partial charge in [0.2, 0.25) is 10.0 Å². The normalized spacial score (nSPS) is 12.2. The predicted octanol–water partition coefficient (Wildman–Crippen LogP) is 2.90. The van der Waals surface area contributed by atoms with Crippen LogP contribution in [0.3, 0.4) is 0 Å². The molecular weight excluding hydrogens is 406 g/mol. The molecule has 3 rings (SSSR count). The number of aryl methyl sites for hydroxylation is 1. The topological polar surface area (TPSA) is 110 Å². The molecule has 2 heterocycles. The van der Waals surface area contributed by atoms with Gasteiger partial charge >= 0.3 is 5.97 Å². The maximum Gasteiger partial charge on any atom is 0.342 e. The molecule has 0 aliphatic heterocycles. The quantitative estimate of drug-likeness (QED) is 0.547. The number of nitrogens with one attached hydrogen (secondary N) is 1. The van der Waals surface area contributed by atoms with Crippen LogP contribution in [0.4, 0.5) is 0 Å². The highest BCUT2D eigenvalue weighted by molar-refractivity contribution is 7.89. The molecule has 0 bridgehead atoms. The number of sulfonamides is 1. The number of carbonyl (C=O) groups is 1. The summed E-state index contributed by atoms with van der Waals surface area (Å²) in [5, 5.41) is 6.77. The van der Waals surface area contributed by atoms with E-state index in [2.05, 4.69) is 15.2 Å². The molecule has 0 aliphatic rings. The number of fused-ring (bicyclic) bond motifs is 1. The summed E-state index contributed by atoms with van der Waals surface area (Å²) in [5.74, 6) is 0.199. The largest absolute Gasteiger partial charge is 0.454 e. The molecular formula is C20H27N5O4S. The molecule has 0 amide bonds. The lowest BCUT2D eigenvalue weighted by molar-refractivity contribution is 0.0457. The summed E-state index contributed by atoms with van der Waals surface area (Å²) in [4.78, 5) is 17.3. The molecule has 0 atom stereocenters. The van der Waals surface area contributed by atoms with Crippen molar-refractivity contribution in [1.29, 1.82) is 0 Å². The molecule has 1 aromatic carbocycles. The van der Waals surface area contributed by atoms with Crippen LogP contribution in [-0.4, -0.2) is 52.5 Å². The number of esters is 1. The fraction of sp³-hybridized carbons (Fsp3) is 0.450. The Morgan fingerprint density at radius 1 is 1.30 bits per heavy atom. The van der Waals surface area contributed by atoms with E-state index in [-0.39, 0.29) is 17.4 Å². The van der Waals surface area contributed by atoms with E-state index >= 15 is 0 Å². The average Bonchev–Trinajstić information content (AvgIpc) is 3.31. The van der Waals surface area contributed by atoms with Crippen LogP contribution in [0.15, 0.2) is 29.3 Å². The lowest BCUT2D eigenvalue weighted by atomic mass is 10.1. The van der Waals surface area contributed by atoms with E-state index in [1.807, 2.05) is 25.3 Å². The van der Waals surface area contributed by atoms with E-state index in [1.165, 1.54) is 20.3 Å². The first-order valence-corrected chi connectivity index (χ1v) is 11.2. The minimum Gasteiger partial charge on any atom is -0.454 e. The monoisotopic (exact) mass is 433 g/mol. The SMILES string of the molecule is CCCn1c(COC(=O)c2cn[nH]c2C(C)C)nc2cc(S(=O)(=O)N(C)C)ccc21. The molecule has 0 saturated carbocycles. The number of imidazole rings is 1. The third-order valence-corrected chi connectivity index (χ3v) is 6.63. The lowest BCUT2D eigenvalue weighted by Gasteiger charge is -2.11. The van der Waals surface area contributed by atoms with Gasteiger partial charge in [0.15, 0.2) is 0 Å². The summed E-state index contributed by atoms with van der Waals surface area (Å²) >= 11 is 0. The number of benzene rings is 1. The molecule has 162 valence electrons. The number of hydrogen-bond donors (Lipinski definition) is 1. The van der Waals surface area contributed by atoms with Crippen LogP contribution in [0, 0.1) is 0 Å². The lowest BCUT2D eigenvalue weighted by Crippen LogP contribution is -2.22. The number of aromatic amines is 1. The summed E-state index contributed by atoms with van der Waals surface area (Å²) in [7, 11) is -0.589. The number of nitrogens with zero attached hydrogens (tertiary/aromatic N) is 4. The maximum absolute atomic E-state index is 12.5. The van der Waals surface area contributed by atoms with Crippen molar-refractivity contribution in [2.24, 2.45) is 0 Å². The molecule has 0 aliphatic carbocycles. The van der Waals surface area contributed by atoms with Gasteiger partial charge in [0.1, 0.15) is 18.0 Å². The summed E-state index contributed by atoms with van der Waals surface area (Å²) in [5.41, 5.74) is 2.47. The Kier molecular flexibility index (Phi) is 6.27. The molecule has 0 saturated heterocycles. The summed E-state index contributed by atoms with van der Waals surface area (Å²) in [6.07, 6.45) is 2.31. The first kappa shape index (κ1) is 22.0. The van der Waals surface area contributed by atoms with Crippen molar-refractivity contribution in [3.8, 4) is 0 Å². The fourth-order valence-corrected chi connectivity index (χ4v) is 4.14. The second-order valence-corrected chi connectivity index (χ2v) is 9.70. The maximum atomic E-state index is 12.5. The van der Waals surface area contributed by atoms with Gasteiger partial charge in [-0.3, -0.25) is 5.10 Å². The van der Waals surface area contributed by atoms with Gasteiger partial charge < -0.3 is 9.30 Å². The Balaban J connectivity index is 1.92. The second-order valence-electron chi connectivity index (χ2n) is 7.55. The van der Waals surface area contributed by atoms with Gasteiger partial charge in [0, 0.05) is 20.6 Å². The van der Waals surface area contributed by atoms with E-state index in [4.69, 9.17) is 4.74 Å². The molecule has 0 unspecified atom stereocenters. The van der Waals surface area contributed by atoms with Gasteiger partial charge in [0.25, 0.3) is 0 Å². The standard InChI is InChI=1S/C20H27N5O4S/c1-6-9-25-17-8-7-14(30(27,28)24(4)5)10-16(17)22-18(25)12-29-20(26)15-11-21-23-19(15)13(2)3/h7-8,10-11,13H,6,9,12H2,1-5H3,(H,21,23). The molecule has 0 spiro atoms. The first-order chi connectivity index (χ1) is 14.2. The summed E-state index contributed by atoms with van der Waals surface area (Å²) < 4.78 is 33.5. The summed E-state index contributed by atoms with van der Waals surface area (Å²) in [6, 6.07) is 4.86. The van der Waals surface area contributed by atoms with Gasteiger partial charge in [-0.15, -0.1) is 0 Å². The van der Waals surface area contributed by atoms with Crippen molar-refractivity contribution in [3.05, 3.63) is 41.5 Å². The molecule has 2 aromatic heterocycles. The Hall–Kier alpha value is -2.72. The van der Waals surface area contributed by atoms with Gasteiger partial charge in [-0.2, -0.15) is 5.10 Å². The summed E-state index contributed by atoms with van der Waals surface area (Å²) in [6.45, 7) is 6.61. The minimum atomic E-state index is -3.56. The molecule has 10 heteroatoms. The van der Waals surface area contributed by atoms with E-state index in [1.54, 1.807) is 18.2 Å². The zero-order valence-corrected chi connectivity index (χ0v) is 18.7. The highest BCUT2D eigenvalue weighted by Crippen LogP contribution is 2.23. The van der Waals surface area contributed by atoms with Crippen LogP contribution in [0.5, 0.6) is 0 Å². The smallest absolute Gasteiger partial charge is 0.342 e. The number of H-pyrrole nitrogens is 1. The van der Waals surface area contributed by atoms with Crippen molar-refractivity contribution < 1.29 is 17.9 Å². The predicted molar refractivity (Wildman–Crippen MR) is 113 cm³/mol. The highest BCUT2D eigenvalue weighted by atomic mass is 32.2. The van der Waals surface area contributed by atoms with E-state index < -0.39 is 16.0 Å². The van der Waals surface area contributed by atoms with Crippen molar-refractivity contribution in [2.75, 3.05) is 14.1 Å². The molecule has 30 heavy (non-hydrogen) atoms. The van der Waals surface area contributed by atoms with Crippen molar-refractivity contribution in [1.82, 2.24) is 24.1 Å². The number of ether oxygens (including phenoxy) is 1. The van der Waals surface area contributed by atoms with Gasteiger partial charge in [-0.1, -0.05) is 20.8 Å². The highest BCUT2D eigenvalue weighted by Gasteiger charge is 2.21. The Bertz CT molecular complexity index is 1160. The Labute approximate surface area is 176 Å².